The number of hydrogen-bond donors (Lipinski definition) is 1. The molecule has 1 N–H and O–H groups in total. The van der Waals surface area contributed by atoms with Gasteiger partial charge in [0.15, 0.2) is 11.4 Å². The van der Waals surface area contributed by atoms with E-state index in [1.807, 2.05) is 0 Å². The Kier molecular flexibility index (Phi) is 6.09. The van der Waals surface area contributed by atoms with E-state index in [-0.39, 0.29) is 25.3 Å². The van der Waals surface area contributed by atoms with Gasteiger partial charge in [0.1, 0.15) is 6.79 Å². The second-order valence-corrected chi connectivity index (χ2v) is 9.00. The average Bonchev–Trinajstić information content (AvgIpc) is 3.17. The van der Waals surface area contributed by atoms with Crippen LogP contribution < -0.4 is 4.90 Å². The Morgan fingerprint density at radius 3 is 2.29 bits per heavy atom. The van der Waals surface area contributed by atoms with Crippen molar-refractivity contribution in [3.63, 3.8) is 0 Å². The predicted molar refractivity (Wildman–Crippen MR) is 114 cm³/mol. The second kappa shape index (κ2) is 8.82. The first-order valence-corrected chi connectivity index (χ1v) is 11.1. The van der Waals surface area contributed by atoms with Gasteiger partial charge in [0.2, 0.25) is 5.95 Å². The highest BCUT2D eigenvalue weighted by Crippen LogP contribution is 2.42. The zero-order valence-corrected chi connectivity index (χ0v) is 18.8. The fourth-order valence-corrected chi connectivity index (χ4v) is 4.84. The van der Waals surface area contributed by atoms with Crippen molar-refractivity contribution in [1.29, 1.82) is 0 Å². The molecule has 0 unspecified atom stereocenters. The molecule has 6 nitrogen and oxygen atoms in total. The summed E-state index contributed by atoms with van der Waals surface area (Å²) in [6.45, 7) is 0.947. The topological polar surface area (TPSA) is 63.3 Å². The molecule has 0 amide bonds. The molecule has 35 heavy (non-hydrogen) atoms. The lowest BCUT2D eigenvalue weighted by Crippen LogP contribution is -2.40. The molecule has 2 aromatic heterocycles. The van der Waals surface area contributed by atoms with E-state index in [1.54, 1.807) is 18.2 Å². The van der Waals surface area contributed by atoms with E-state index in [9.17, 15) is 26.3 Å². The van der Waals surface area contributed by atoms with Crippen LogP contribution in [-0.2, 0) is 28.2 Å². The molecule has 4 heterocycles. The van der Waals surface area contributed by atoms with Crippen LogP contribution in [0.1, 0.15) is 35.1 Å². The largest absolute Gasteiger partial charge is 0.433 e. The van der Waals surface area contributed by atoms with Gasteiger partial charge in [-0.3, -0.25) is 0 Å². The smallest absolute Gasteiger partial charge is 0.356 e. The molecule has 1 fully saturated rings. The van der Waals surface area contributed by atoms with Crippen molar-refractivity contribution in [3.05, 3.63) is 51.9 Å². The number of alkyl halides is 6. The summed E-state index contributed by atoms with van der Waals surface area (Å²) < 4.78 is 91.5. The van der Waals surface area contributed by atoms with Gasteiger partial charge in [-0.05, 0) is 42.7 Å². The number of benzene rings is 1. The van der Waals surface area contributed by atoms with Crippen molar-refractivity contribution < 1.29 is 35.8 Å². The Morgan fingerprint density at radius 1 is 1.00 bits per heavy atom. The monoisotopic (exact) mass is 520 g/mol. The van der Waals surface area contributed by atoms with Crippen LogP contribution >= 0.6 is 11.6 Å². The summed E-state index contributed by atoms with van der Waals surface area (Å²) in [5, 5.41) is 1.37. The molecule has 2 aliphatic heterocycles. The van der Waals surface area contributed by atoms with Crippen molar-refractivity contribution in [3.8, 4) is 0 Å². The second-order valence-electron chi connectivity index (χ2n) is 8.56. The minimum Gasteiger partial charge on any atom is -0.356 e. The van der Waals surface area contributed by atoms with Crippen LogP contribution in [0, 0.1) is 5.92 Å². The highest BCUT2D eigenvalue weighted by Gasteiger charge is 2.42. The fourth-order valence-electron chi connectivity index (χ4n) is 4.66. The molecule has 0 spiro atoms. The van der Waals surface area contributed by atoms with E-state index >= 15 is 0 Å². The Morgan fingerprint density at radius 2 is 1.66 bits per heavy atom. The standard InChI is InChI=1S/C22H19ClF6N4O2/c23-12-1-2-15-14(6-12)13-3-4-33(16(19(13)30-15)5-11-8-34-10-35-9-11)20-31-17(21(24,25)26)7-18(32-20)22(27,28)29/h1-2,6-7,11,16,30H,3-5,8-10H2/t16-/m0/s1. The van der Waals surface area contributed by atoms with Crippen LogP contribution in [0.15, 0.2) is 24.3 Å². The van der Waals surface area contributed by atoms with Gasteiger partial charge in [0, 0.05) is 34.1 Å². The third kappa shape index (κ3) is 4.78. The van der Waals surface area contributed by atoms with E-state index in [2.05, 4.69) is 15.0 Å². The zero-order valence-electron chi connectivity index (χ0n) is 18.0. The summed E-state index contributed by atoms with van der Waals surface area (Å²) in [4.78, 5) is 11.7. The molecule has 0 saturated carbocycles. The minimum absolute atomic E-state index is 0.0678. The third-order valence-corrected chi connectivity index (χ3v) is 6.43. The van der Waals surface area contributed by atoms with Crippen LogP contribution in [0.3, 0.4) is 0 Å². The maximum atomic E-state index is 13.5. The van der Waals surface area contributed by atoms with Crippen LogP contribution in [-0.4, -0.2) is 41.5 Å². The SMILES string of the molecule is FC(F)(F)c1cc(C(F)(F)F)nc(N2CCc3c([nH]c4ccc(Cl)cc34)[C@@H]2CC2COCOC2)n1. The fraction of sp³-hybridized carbons (Fsp3) is 0.455. The molecule has 1 saturated heterocycles. The molecule has 0 bridgehead atoms. The van der Waals surface area contributed by atoms with Crippen molar-refractivity contribution in [1.82, 2.24) is 15.0 Å². The van der Waals surface area contributed by atoms with Gasteiger partial charge >= 0.3 is 12.4 Å². The first-order valence-electron chi connectivity index (χ1n) is 10.8. The molecular formula is C22H19ClF6N4O2. The van der Waals surface area contributed by atoms with Gasteiger partial charge in [-0.15, -0.1) is 0 Å². The van der Waals surface area contributed by atoms with E-state index in [1.165, 1.54) is 4.90 Å². The first kappa shape index (κ1) is 24.1. The number of nitrogens with zero attached hydrogens (tertiary/aromatic N) is 3. The van der Waals surface area contributed by atoms with Crippen LogP contribution in [0.5, 0.6) is 0 Å². The highest BCUT2D eigenvalue weighted by molar-refractivity contribution is 6.31. The number of aromatic nitrogens is 3. The number of rotatable bonds is 3. The Balaban J connectivity index is 1.63. The Bertz CT molecular complexity index is 1210. The summed E-state index contributed by atoms with van der Waals surface area (Å²) in [6.07, 6.45) is -9.45. The number of nitrogens with one attached hydrogen (secondary N) is 1. The molecule has 3 aromatic rings. The van der Waals surface area contributed by atoms with Crippen molar-refractivity contribution in [2.24, 2.45) is 5.92 Å². The average molecular weight is 521 g/mol. The van der Waals surface area contributed by atoms with E-state index in [0.29, 0.717) is 36.8 Å². The minimum atomic E-state index is -5.07. The molecule has 5 rings (SSSR count). The maximum Gasteiger partial charge on any atom is 0.433 e. The molecule has 0 aliphatic carbocycles. The van der Waals surface area contributed by atoms with Gasteiger partial charge in [0.05, 0.1) is 19.3 Å². The van der Waals surface area contributed by atoms with E-state index in [4.69, 9.17) is 21.1 Å². The first-order chi connectivity index (χ1) is 16.5. The molecule has 2 aliphatic rings. The van der Waals surface area contributed by atoms with E-state index in [0.717, 1.165) is 16.5 Å². The number of H-pyrrole nitrogens is 1. The van der Waals surface area contributed by atoms with Gasteiger partial charge in [-0.2, -0.15) is 26.3 Å². The molecular weight excluding hydrogens is 502 g/mol. The van der Waals surface area contributed by atoms with Crippen LogP contribution in [0.4, 0.5) is 32.3 Å². The summed E-state index contributed by atoms with van der Waals surface area (Å²) in [5.74, 6) is -0.762. The normalized spacial score (nSPS) is 19.9. The van der Waals surface area contributed by atoms with E-state index < -0.39 is 35.7 Å². The molecule has 188 valence electrons. The lowest BCUT2D eigenvalue weighted by molar-refractivity contribution is -0.147. The number of ether oxygens (including phenoxy) is 2. The van der Waals surface area contributed by atoms with Crippen molar-refractivity contribution >= 4 is 28.5 Å². The van der Waals surface area contributed by atoms with Gasteiger partial charge in [0.25, 0.3) is 0 Å². The van der Waals surface area contributed by atoms with Crippen LogP contribution in [0.2, 0.25) is 5.02 Å². The number of aromatic amines is 1. The third-order valence-electron chi connectivity index (χ3n) is 6.20. The molecule has 1 atom stereocenters. The Hall–Kier alpha value is -2.57. The zero-order chi connectivity index (χ0) is 25.0. The number of hydrogen-bond acceptors (Lipinski definition) is 5. The summed E-state index contributed by atoms with van der Waals surface area (Å²) in [6, 6.07) is 4.57. The lowest BCUT2D eigenvalue weighted by Gasteiger charge is -2.38. The van der Waals surface area contributed by atoms with Gasteiger partial charge in [-0.1, -0.05) is 11.6 Å². The van der Waals surface area contributed by atoms with Crippen molar-refractivity contribution in [2.75, 3.05) is 31.5 Å². The molecule has 1 aromatic carbocycles. The number of anilines is 1. The molecule has 13 heteroatoms. The lowest BCUT2D eigenvalue weighted by atomic mass is 9.90. The predicted octanol–water partition coefficient (Wildman–Crippen LogP) is 5.76. The van der Waals surface area contributed by atoms with Crippen LogP contribution in [0.25, 0.3) is 10.9 Å². The van der Waals surface area contributed by atoms with Gasteiger partial charge in [-0.25, -0.2) is 9.97 Å². The summed E-state index contributed by atoms with van der Waals surface area (Å²) >= 11 is 6.16. The summed E-state index contributed by atoms with van der Waals surface area (Å²) in [5.41, 5.74) is -0.944. The van der Waals surface area contributed by atoms with Crippen molar-refractivity contribution in [2.45, 2.75) is 31.2 Å². The number of fused-ring (bicyclic) bond motifs is 3. The highest BCUT2D eigenvalue weighted by atomic mass is 35.5. The Labute approximate surface area is 200 Å². The summed E-state index contributed by atoms with van der Waals surface area (Å²) in [7, 11) is 0. The molecule has 0 radical (unpaired) electrons. The maximum absolute atomic E-state index is 13.5. The quantitative estimate of drug-likeness (QED) is 0.445. The number of halogens is 7. The van der Waals surface area contributed by atoms with Gasteiger partial charge < -0.3 is 19.4 Å².